The number of hydrogen-bond acceptors (Lipinski definition) is 5. The third-order valence-electron chi connectivity index (χ3n) is 2.03. The maximum absolute atomic E-state index is 5.76. The Morgan fingerprint density at radius 1 is 1.18 bits per heavy atom. The SMILES string of the molecule is CNc1cnc(CSc2ccc(Cl)cn2)cn1. The Kier molecular flexibility index (Phi) is 4.17. The zero-order chi connectivity index (χ0) is 12.1. The van der Waals surface area contributed by atoms with E-state index in [1.54, 1.807) is 30.4 Å². The van der Waals surface area contributed by atoms with Crippen LogP contribution in [0.1, 0.15) is 5.69 Å². The molecular formula is C11H11ClN4S. The lowest BCUT2D eigenvalue weighted by atomic mass is 10.5. The zero-order valence-corrected chi connectivity index (χ0v) is 10.8. The van der Waals surface area contributed by atoms with Crippen molar-refractivity contribution >= 4 is 29.2 Å². The Labute approximate surface area is 109 Å². The number of thioether (sulfide) groups is 1. The molecule has 0 radical (unpaired) electrons. The van der Waals surface area contributed by atoms with Crippen LogP contribution in [0.2, 0.25) is 5.02 Å². The van der Waals surface area contributed by atoms with Crippen LogP contribution in [0.15, 0.2) is 35.7 Å². The fourth-order valence-corrected chi connectivity index (χ4v) is 2.00. The lowest BCUT2D eigenvalue weighted by Crippen LogP contribution is -1.95. The van der Waals surface area contributed by atoms with Gasteiger partial charge in [-0.2, -0.15) is 0 Å². The summed E-state index contributed by atoms with van der Waals surface area (Å²) in [5.41, 5.74) is 0.922. The molecule has 0 saturated heterocycles. The van der Waals surface area contributed by atoms with Gasteiger partial charge in [0.05, 0.1) is 28.1 Å². The molecule has 2 aromatic heterocycles. The third-order valence-corrected chi connectivity index (χ3v) is 3.23. The van der Waals surface area contributed by atoms with Gasteiger partial charge >= 0.3 is 0 Å². The Morgan fingerprint density at radius 2 is 2.06 bits per heavy atom. The fourth-order valence-electron chi connectivity index (χ4n) is 1.15. The molecule has 17 heavy (non-hydrogen) atoms. The molecule has 88 valence electrons. The van der Waals surface area contributed by atoms with Gasteiger partial charge in [-0.1, -0.05) is 23.4 Å². The van der Waals surface area contributed by atoms with Crippen LogP contribution in [0.5, 0.6) is 0 Å². The molecule has 2 heterocycles. The first-order valence-electron chi connectivity index (χ1n) is 5.01. The lowest BCUT2D eigenvalue weighted by molar-refractivity contribution is 1.08. The van der Waals surface area contributed by atoms with Gasteiger partial charge < -0.3 is 5.32 Å². The molecule has 6 heteroatoms. The van der Waals surface area contributed by atoms with Crippen molar-refractivity contribution in [2.24, 2.45) is 0 Å². The van der Waals surface area contributed by atoms with Gasteiger partial charge in [0.15, 0.2) is 0 Å². The second-order valence-electron chi connectivity index (χ2n) is 3.25. The minimum Gasteiger partial charge on any atom is -0.372 e. The minimum absolute atomic E-state index is 0.646. The molecule has 0 saturated carbocycles. The largest absolute Gasteiger partial charge is 0.372 e. The summed E-state index contributed by atoms with van der Waals surface area (Å²) < 4.78 is 0. The molecule has 0 fully saturated rings. The van der Waals surface area contributed by atoms with Crippen molar-refractivity contribution in [3.8, 4) is 0 Å². The zero-order valence-electron chi connectivity index (χ0n) is 9.22. The van der Waals surface area contributed by atoms with Crippen molar-refractivity contribution in [2.75, 3.05) is 12.4 Å². The van der Waals surface area contributed by atoms with E-state index in [-0.39, 0.29) is 0 Å². The predicted octanol–water partition coefficient (Wildman–Crippen LogP) is 2.86. The van der Waals surface area contributed by atoms with E-state index >= 15 is 0 Å². The number of nitrogens with one attached hydrogen (secondary N) is 1. The highest BCUT2D eigenvalue weighted by Gasteiger charge is 2.00. The second-order valence-corrected chi connectivity index (χ2v) is 4.68. The van der Waals surface area contributed by atoms with Crippen LogP contribution in [-0.4, -0.2) is 22.0 Å². The molecule has 2 rings (SSSR count). The van der Waals surface area contributed by atoms with Gasteiger partial charge in [0, 0.05) is 19.0 Å². The number of rotatable bonds is 4. The number of pyridine rings is 1. The fraction of sp³-hybridized carbons (Fsp3) is 0.182. The highest BCUT2D eigenvalue weighted by atomic mass is 35.5. The first-order valence-corrected chi connectivity index (χ1v) is 6.37. The quantitative estimate of drug-likeness (QED) is 0.863. The van der Waals surface area contributed by atoms with Gasteiger partial charge in [-0.05, 0) is 12.1 Å². The van der Waals surface area contributed by atoms with E-state index in [9.17, 15) is 0 Å². The molecule has 0 spiro atoms. The summed E-state index contributed by atoms with van der Waals surface area (Å²) in [6.45, 7) is 0. The van der Waals surface area contributed by atoms with E-state index in [0.29, 0.717) is 5.02 Å². The maximum atomic E-state index is 5.76. The third kappa shape index (κ3) is 3.57. The molecule has 0 atom stereocenters. The standard InChI is InChI=1S/C11H11ClN4S/c1-13-10-6-14-9(5-15-10)7-17-11-3-2-8(12)4-16-11/h2-6H,7H2,1H3,(H,13,15). The molecule has 4 nitrogen and oxygen atoms in total. The highest BCUT2D eigenvalue weighted by molar-refractivity contribution is 7.98. The van der Waals surface area contributed by atoms with Crippen LogP contribution in [0, 0.1) is 0 Å². The number of aromatic nitrogens is 3. The van der Waals surface area contributed by atoms with E-state index in [0.717, 1.165) is 22.3 Å². The van der Waals surface area contributed by atoms with Crippen LogP contribution in [0.25, 0.3) is 0 Å². The molecule has 0 aliphatic heterocycles. The van der Waals surface area contributed by atoms with Crippen molar-refractivity contribution in [1.82, 2.24) is 15.0 Å². The van der Waals surface area contributed by atoms with Crippen LogP contribution < -0.4 is 5.32 Å². The Balaban J connectivity index is 1.95. The monoisotopic (exact) mass is 266 g/mol. The van der Waals surface area contributed by atoms with Crippen molar-refractivity contribution in [1.29, 1.82) is 0 Å². The van der Waals surface area contributed by atoms with E-state index in [4.69, 9.17) is 11.6 Å². The Hall–Kier alpha value is -1.33. The van der Waals surface area contributed by atoms with Gasteiger partial charge in [0.1, 0.15) is 5.82 Å². The number of hydrogen-bond donors (Lipinski definition) is 1. The first kappa shape index (κ1) is 12.1. The summed E-state index contributed by atoms with van der Waals surface area (Å²) in [6.07, 6.45) is 5.11. The average Bonchev–Trinajstić information content (AvgIpc) is 2.39. The molecule has 0 aliphatic carbocycles. The van der Waals surface area contributed by atoms with Gasteiger partial charge in [-0.3, -0.25) is 4.98 Å². The first-order chi connectivity index (χ1) is 8.28. The molecule has 2 aromatic rings. The molecule has 0 amide bonds. The molecule has 0 aliphatic rings. The van der Waals surface area contributed by atoms with E-state index in [1.165, 1.54) is 0 Å². The van der Waals surface area contributed by atoms with Crippen molar-refractivity contribution in [3.05, 3.63) is 41.4 Å². The molecular weight excluding hydrogens is 256 g/mol. The molecule has 1 N–H and O–H groups in total. The number of nitrogens with zero attached hydrogens (tertiary/aromatic N) is 3. The average molecular weight is 267 g/mol. The van der Waals surface area contributed by atoms with Gasteiger partial charge in [-0.15, -0.1) is 0 Å². The summed E-state index contributed by atoms with van der Waals surface area (Å²) in [7, 11) is 1.82. The van der Waals surface area contributed by atoms with Gasteiger partial charge in [0.25, 0.3) is 0 Å². The summed E-state index contributed by atoms with van der Waals surface area (Å²) in [5, 5.41) is 4.50. The van der Waals surface area contributed by atoms with E-state index < -0.39 is 0 Å². The lowest BCUT2D eigenvalue weighted by Gasteiger charge is -2.02. The summed E-state index contributed by atoms with van der Waals surface area (Å²) in [5.74, 6) is 1.51. The normalized spacial score (nSPS) is 10.2. The van der Waals surface area contributed by atoms with Crippen LogP contribution in [-0.2, 0) is 5.75 Å². The minimum atomic E-state index is 0.646. The molecule has 0 unspecified atom stereocenters. The smallest absolute Gasteiger partial charge is 0.144 e. The number of anilines is 1. The van der Waals surface area contributed by atoms with E-state index in [1.807, 2.05) is 19.2 Å². The Bertz CT molecular complexity index is 472. The number of halogens is 1. The highest BCUT2D eigenvalue weighted by Crippen LogP contribution is 2.20. The van der Waals surface area contributed by atoms with Crippen LogP contribution in [0.4, 0.5) is 5.82 Å². The van der Waals surface area contributed by atoms with Gasteiger partial charge in [-0.25, -0.2) is 9.97 Å². The van der Waals surface area contributed by atoms with Crippen molar-refractivity contribution in [3.63, 3.8) is 0 Å². The van der Waals surface area contributed by atoms with Gasteiger partial charge in [0.2, 0.25) is 0 Å². The van der Waals surface area contributed by atoms with E-state index in [2.05, 4.69) is 20.3 Å². The summed E-state index contributed by atoms with van der Waals surface area (Å²) >= 11 is 7.36. The topological polar surface area (TPSA) is 50.7 Å². The van der Waals surface area contributed by atoms with Crippen molar-refractivity contribution in [2.45, 2.75) is 10.8 Å². The van der Waals surface area contributed by atoms with Crippen LogP contribution >= 0.6 is 23.4 Å². The summed E-state index contributed by atoms with van der Waals surface area (Å²) in [6, 6.07) is 3.72. The van der Waals surface area contributed by atoms with Crippen molar-refractivity contribution < 1.29 is 0 Å². The second kappa shape index (κ2) is 5.84. The van der Waals surface area contributed by atoms with Crippen LogP contribution in [0.3, 0.4) is 0 Å². The molecule has 0 aromatic carbocycles. The maximum Gasteiger partial charge on any atom is 0.144 e. The molecule has 0 bridgehead atoms. The summed E-state index contributed by atoms with van der Waals surface area (Å²) in [4.78, 5) is 12.7. The Morgan fingerprint density at radius 3 is 2.65 bits per heavy atom. The predicted molar refractivity (Wildman–Crippen MR) is 70.4 cm³/mol.